The van der Waals surface area contributed by atoms with Gasteiger partial charge in [-0.1, -0.05) is 19.1 Å². The van der Waals surface area contributed by atoms with Gasteiger partial charge in [-0.2, -0.15) is 0 Å². The Morgan fingerprint density at radius 1 is 1.30 bits per heavy atom. The number of rotatable bonds is 7. The third-order valence-electron chi connectivity index (χ3n) is 3.19. The van der Waals surface area contributed by atoms with Crippen molar-refractivity contribution in [3.63, 3.8) is 0 Å². The molecule has 6 heteroatoms. The van der Waals surface area contributed by atoms with E-state index in [-0.39, 0.29) is 5.91 Å². The van der Waals surface area contributed by atoms with Gasteiger partial charge in [0.1, 0.15) is 17.5 Å². The maximum absolute atomic E-state index is 12.3. The Morgan fingerprint density at radius 2 is 2.13 bits per heavy atom. The summed E-state index contributed by atoms with van der Waals surface area (Å²) in [7, 11) is 1.57. The normalized spacial score (nSPS) is 11.6. The molecule has 3 N–H and O–H groups in total. The van der Waals surface area contributed by atoms with E-state index in [1.807, 2.05) is 6.92 Å². The van der Waals surface area contributed by atoms with Crippen LogP contribution in [0.15, 0.2) is 42.7 Å². The number of amides is 1. The van der Waals surface area contributed by atoms with E-state index in [4.69, 9.17) is 15.2 Å². The standard InChI is InChI=1S/C17H21N3O3/c1-3-7-23-15-9-13(10-19-11-15)20-17(21)16(18)12-5-4-6-14(8-12)22-2/h4-6,8-11,16H,3,7,18H2,1-2H3,(H,20,21). The second-order valence-electron chi connectivity index (χ2n) is 5.00. The Bertz CT molecular complexity index is 661. The van der Waals surface area contributed by atoms with Crippen LogP contribution in [0.4, 0.5) is 5.69 Å². The third kappa shape index (κ3) is 4.69. The molecule has 2 rings (SSSR count). The second kappa shape index (κ2) is 8.14. The number of pyridine rings is 1. The number of benzene rings is 1. The van der Waals surface area contributed by atoms with E-state index >= 15 is 0 Å². The van der Waals surface area contributed by atoms with Gasteiger partial charge in [-0.15, -0.1) is 0 Å². The predicted molar refractivity (Wildman–Crippen MR) is 88.6 cm³/mol. The number of ether oxygens (including phenoxy) is 2. The third-order valence-corrected chi connectivity index (χ3v) is 3.19. The van der Waals surface area contributed by atoms with E-state index in [0.29, 0.717) is 29.4 Å². The largest absolute Gasteiger partial charge is 0.497 e. The summed E-state index contributed by atoms with van der Waals surface area (Å²) in [5.41, 5.74) is 7.23. The van der Waals surface area contributed by atoms with Gasteiger partial charge in [0.2, 0.25) is 5.91 Å². The molecule has 1 atom stereocenters. The number of nitrogens with zero attached hydrogens (tertiary/aromatic N) is 1. The van der Waals surface area contributed by atoms with E-state index < -0.39 is 6.04 Å². The average Bonchev–Trinajstić information content (AvgIpc) is 2.59. The first-order valence-corrected chi connectivity index (χ1v) is 7.42. The predicted octanol–water partition coefficient (Wildman–Crippen LogP) is 2.52. The molecule has 23 heavy (non-hydrogen) atoms. The molecule has 0 radical (unpaired) electrons. The Hall–Kier alpha value is -2.60. The van der Waals surface area contributed by atoms with E-state index in [2.05, 4.69) is 10.3 Å². The van der Waals surface area contributed by atoms with Crippen LogP contribution in [0.5, 0.6) is 11.5 Å². The molecule has 0 saturated carbocycles. The van der Waals surface area contributed by atoms with Crippen molar-refractivity contribution in [2.45, 2.75) is 19.4 Å². The molecule has 0 fully saturated rings. The first kappa shape index (κ1) is 16.8. The highest BCUT2D eigenvalue weighted by molar-refractivity contribution is 5.95. The summed E-state index contributed by atoms with van der Waals surface area (Å²) >= 11 is 0. The van der Waals surface area contributed by atoms with Crippen LogP contribution in [-0.4, -0.2) is 24.6 Å². The van der Waals surface area contributed by atoms with E-state index in [1.165, 1.54) is 0 Å². The number of nitrogens with two attached hydrogens (primary N) is 1. The number of carbonyl (C=O) groups excluding carboxylic acids is 1. The summed E-state index contributed by atoms with van der Waals surface area (Å²) < 4.78 is 10.6. The van der Waals surface area contributed by atoms with Crippen LogP contribution in [0.3, 0.4) is 0 Å². The maximum Gasteiger partial charge on any atom is 0.245 e. The molecular weight excluding hydrogens is 294 g/mol. The summed E-state index contributed by atoms with van der Waals surface area (Å²) in [4.78, 5) is 16.3. The van der Waals surface area contributed by atoms with Gasteiger partial charge in [0.05, 0.1) is 31.8 Å². The highest BCUT2D eigenvalue weighted by Gasteiger charge is 2.16. The van der Waals surface area contributed by atoms with Crippen LogP contribution >= 0.6 is 0 Å². The SMILES string of the molecule is CCCOc1cncc(NC(=O)C(N)c2cccc(OC)c2)c1. The van der Waals surface area contributed by atoms with Crippen molar-refractivity contribution in [2.75, 3.05) is 19.0 Å². The molecule has 0 aliphatic carbocycles. The molecule has 1 amide bonds. The lowest BCUT2D eigenvalue weighted by molar-refractivity contribution is -0.117. The van der Waals surface area contributed by atoms with Gasteiger partial charge >= 0.3 is 0 Å². The van der Waals surface area contributed by atoms with Crippen LogP contribution in [0, 0.1) is 0 Å². The fourth-order valence-electron chi connectivity index (χ4n) is 1.99. The molecule has 1 aromatic heterocycles. The van der Waals surface area contributed by atoms with Crippen molar-refractivity contribution in [3.8, 4) is 11.5 Å². The van der Waals surface area contributed by atoms with Crippen LogP contribution < -0.4 is 20.5 Å². The summed E-state index contributed by atoms with van der Waals surface area (Å²) in [5.74, 6) is 0.940. The summed E-state index contributed by atoms with van der Waals surface area (Å²) in [6.45, 7) is 2.62. The molecule has 2 aromatic rings. The van der Waals surface area contributed by atoms with Crippen LogP contribution in [0.1, 0.15) is 24.9 Å². The molecule has 1 aromatic carbocycles. The van der Waals surface area contributed by atoms with Gasteiger partial charge in [0.15, 0.2) is 0 Å². The lowest BCUT2D eigenvalue weighted by Crippen LogP contribution is -2.27. The van der Waals surface area contributed by atoms with Gasteiger partial charge in [0, 0.05) is 6.07 Å². The Balaban J connectivity index is 2.05. The average molecular weight is 315 g/mol. The molecule has 6 nitrogen and oxygen atoms in total. The minimum atomic E-state index is -0.801. The lowest BCUT2D eigenvalue weighted by atomic mass is 10.1. The fourth-order valence-corrected chi connectivity index (χ4v) is 1.99. The van der Waals surface area contributed by atoms with Gasteiger partial charge in [-0.25, -0.2) is 0 Å². The second-order valence-corrected chi connectivity index (χ2v) is 5.00. The van der Waals surface area contributed by atoms with Crippen LogP contribution in [0.2, 0.25) is 0 Å². The molecular formula is C17H21N3O3. The van der Waals surface area contributed by atoms with Crippen molar-refractivity contribution in [1.29, 1.82) is 0 Å². The number of hydrogen-bond donors (Lipinski definition) is 2. The summed E-state index contributed by atoms with van der Waals surface area (Å²) in [5, 5.41) is 2.75. The molecule has 0 spiro atoms. The highest BCUT2D eigenvalue weighted by Crippen LogP contribution is 2.20. The van der Waals surface area contributed by atoms with Gasteiger partial charge in [0.25, 0.3) is 0 Å². The van der Waals surface area contributed by atoms with Crippen molar-refractivity contribution in [2.24, 2.45) is 5.73 Å². The number of hydrogen-bond acceptors (Lipinski definition) is 5. The topological polar surface area (TPSA) is 86.5 Å². The number of nitrogens with one attached hydrogen (secondary N) is 1. The lowest BCUT2D eigenvalue weighted by Gasteiger charge is -2.14. The zero-order valence-electron chi connectivity index (χ0n) is 13.3. The molecule has 0 aliphatic heterocycles. The molecule has 0 bridgehead atoms. The summed E-state index contributed by atoms with van der Waals surface area (Å²) in [6.07, 6.45) is 4.06. The van der Waals surface area contributed by atoms with Crippen molar-refractivity contribution in [1.82, 2.24) is 4.98 Å². The Labute approximate surface area is 135 Å². The zero-order chi connectivity index (χ0) is 16.7. The first-order chi connectivity index (χ1) is 11.1. The molecule has 0 aliphatic rings. The Kier molecular flexibility index (Phi) is 5.94. The first-order valence-electron chi connectivity index (χ1n) is 7.42. The molecule has 0 saturated heterocycles. The zero-order valence-corrected chi connectivity index (χ0v) is 13.3. The summed E-state index contributed by atoms with van der Waals surface area (Å²) in [6, 6.07) is 8.04. The van der Waals surface area contributed by atoms with Gasteiger partial charge in [-0.3, -0.25) is 9.78 Å². The van der Waals surface area contributed by atoms with Crippen molar-refractivity contribution >= 4 is 11.6 Å². The van der Waals surface area contributed by atoms with Gasteiger partial charge < -0.3 is 20.5 Å². The quantitative estimate of drug-likeness (QED) is 0.820. The molecule has 1 heterocycles. The minimum absolute atomic E-state index is 0.326. The molecule has 1 unspecified atom stereocenters. The maximum atomic E-state index is 12.3. The van der Waals surface area contributed by atoms with E-state index in [0.717, 1.165) is 6.42 Å². The van der Waals surface area contributed by atoms with Crippen molar-refractivity contribution < 1.29 is 14.3 Å². The molecule has 122 valence electrons. The Morgan fingerprint density at radius 3 is 2.87 bits per heavy atom. The highest BCUT2D eigenvalue weighted by atomic mass is 16.5. The van der Waals surface area contributed by atoms with Crippen molar-refractivity contribution in [3.05, 3.63) is 48.3 Å². The smallest absolute Gasteiger partial charge is 0.245 e. The van der Waals surface area contributed by atoms with E-state index in [1.54, 1.807) is 49.8 Å². The number of aromatic nitrogens is 1. The number of carbonyl (C=O) groups is 1. The van der Waals surface area contributed by atoms with Crippen LogP contribution in [0.25, 0.3) is 0 Å². The fraction of sp³-hybridized carbons (Fsp3) is 0.294. The van der Waals surface area contributed by atoms with Crippen LogP contribution in [-0.2, 0) is 4.79 Å². The van der Waals surface area contributed by atoms with E-state index in [9.17, 15) is 4.79 Å². The monoisotopic (exact) mass is 315 g/mol. The number of methoxy groups -OCH3 is 1. The number of anilines is 1. The minimum Gasteiger partial charge on any atom is -0.497 e. The van der Waals surface area contributed by atoms with Gasteiger partial charge in [-0.05, 0) is 24.1 Å².